The third-order valence-electron chi connectivity index (χ3n) is 0.729. The zero-order valence-corrected chi connectivity index (χ0v) is 7.28. The molecular formula is C4H10NO6P. The lowest BCUT2D eigenvalue weighted by atomic mass is 10.5. The molecule has 0 aromatic carbocycles. The second-order valence-corrected chi connectivity index (χ2v) is 2.99. The largest absolute Gasteiger partial charge is 0.505 e. The Bertz CT molecular complexity index is 188. The first-order valence-corrected chi connectivity index (χ1v) is 4.68. The van der Waals surface area contributed by atoms with Crippen LogP contribution in [0.2, 0.25) is 0 Å². The third-order valence-corrected chi connectivity index (χ3v) is 0.998. The molecule has 3 N–H and O–H groups in total. The normalized spacial score (nSPS) is 10.9. The van der Waals surface area contributed by atoms with Gasteiger partial charge in [0.1, 0.15) is 0 Å². The highest BCUT2D eigenvalue weighted by Crippen LogP contribution is 2.35. The molecule has 0 spiro atoms. The highest BCUT2D eigenvalue weighted by molar-refractivity contribution is 7.46. The minimum Gasteiger partial charge on any atom is -0.319 e. The average molecular weight is 199 g/mol. The van der Waals surface area contributed by atoms with E-state index in [0.29, 0.717) is 13.0 Å². The van der Waals surface area contributed by atoms with Crippen molar-refractivity contribution in [3.63, 3.8) is 0 Å². The molecule has 7 nitrogen and oxygen atoms in total. The van der Waals surface area contributed by atoms with Crippen LogP contribution < -0.4 is 5.32 Å². The van der Waals surface area contributed by atoms with Crippen molar-refractivity contribution in [1.29, 1.82) is 0 Å². The minimum atomic E-state index is -4.73. The number of carbonyl (C=O) groups excluding carboxylic acids is 1. The smallest absolute Gasteiger partial charge is 0.319 e. The van der Waals surface area contributed by atoms with E-state index in [4.69, 9.17) is 9.79 Å². The molecule has 0 unspecified atom stereocenters. The Morgan fingerprint density at radius 3 is 2.58 bits per heavy atom. The van der Waals surface area contributed by atoms with Gasteiger partial charge in [-0.15, -0.1) is 0 Å². The van der Waals surface area contributed by atoms with Crippen molar-refractivity contribution >= 4 is 13.9 Å². The van der Waals surface area contributed by atoms with E-state index in [-0.39, 0.29) is 0 Å². The van der Waals surface area contributed by atoms with Crippen molar-refractivity contribution in [2.45, 2.75) is 13.3 Å². The molecule has 0 saturated carbocycles. The van der Waals surface area contributed by atoms with Crippen LogP contribution in [0.1, 0.15) is 13.3 Å². The molecule has 0 aliphatic heterocycles. The van der Waals surface area contributed by atoms with E-state index in [1.54, 1.807) is 0 Å². The van der Waals surface area contributed by atoms with Gasteiger partial charge in [-0.3, -0.25) is 4.89 Å². The first-order chi connectivity index (χ1) is 5.45. The van der Waals surface area contributed by atoms with Gasteiger partial charge in [0.2, 0.25) is 0 Å². The van der Waals surface area contributed by atoms with Crippen LogP contribution in [0, 0.1) is 0 Å². The Morgan fingerprint density at radius 2 is 2.17 bits per heavy atom. The maximum Gasteiger partial charge on any atom is 0.505 e. The summed E-state index contributed by atoms with van der Waals surface area (Å²) in [5.41, 5.74) is 0. The molecule has 0 saturated heterocycles. The monoisotopic (exact) mass is 199 g/mol. The van der Waals surface area contributed by atoms with Crippen LogP contribution in [0.5, 0.6) is 0 Å². The molecule has 0 aromatic rings. The minimum absolute atomic E-state index is 0.351. The lowest BCUT2D eigenvalue weighted by molar-refractivity contribution is -0.160. The fourth-order valence-corrected chi connectivity index (χ4v) is 0.504. The quantitative estimate of drug-likeness (QED) is 0.338. The van der Waals surface area contributed by atoms with Gasteiger partial charge in [-0.2, -0.15) is 0 Å². The molecular weight excluding hydrogens is 189 g/mol. The Balaban J connectivity index is 3.51. The van der Waals surface area contributed by atoms with E-state index in [0.717, 1.165) is 0 Å². The van der Waals surface area contributed by atoms with Gasteiger partial charge in [0.05, 0.1) is 0 Å². The summed E-state index contributed by atoms with van der Waals surface area (Å²) in [6.07, 6.45) is -0.342. The predicted octanol–water partition coefficient (Wildman–Crippen LogP) is 0.147. The van der Waals surface area contributed by atoms with Gasteiger partial charge in [0.15, 0.2) is 0 Å². The molecule has 0 aromatic heterocycles. The summed E-state index contributed by atoms with van der Waals surface area (Å²) in [5.74, 6) is 0. The fraction of sp³-hybridized carbons (Fsp3) is 0.750. The molecule has 8 heteroatoms. The zero-order valence-electron chi connectivity index (χ0n) is 6.39. The van der Waals surface area contributed by atoms with Gasteiger partial charge < -0.3 is 15.1 Å². The summed E-state index contributed by atoms with van der Waals surface area (Å²) in [4.78, 5) is 30.3. The molecule has 0 bridgehead atoms. The molecule has 12 heavy (non-hydrogen) atoms. The van der Waals surface area contributed by atoms with E-state index >= 15 is 0 Å². The van der Waals surface area contributed by atoms with Crippen LogP contribution in [0.25, 0.3) is 0 Å². The van der Waals surface area contributed by atoms with Crippen molar-refractivity contribution in [2.24, 2.45) is 0 Å². The second-order valence-electron chi connectivity index (χ2n) is 1.86. The lowest BCUT2D eigenvalue weighted by Gasteiger charge is -2.04. The molecule has 0 heterocycles. The number of hydrogen-bond donors (Lipinski definition) is 3. The SMILES string of the molecule is CCCNC(=O)OOP(=O)(O)O. The Hall–Kier alpha value is -0.620. The van der Waals surface area contributed by atoms with Gasteiger partial charge in [0, 0.05) is 6.54 Å². The summed E-state index contributed by atoms with van der Waals surface area (Å²) in [5, 5.41) is 2.18. The number of hydrogen-bond acceptors (Lipinski definition) is 4. The molecule has 0 fully saturated rings. The number of nitrogens with one attached hydrogen (secondary N) is 1. The topological polar surface area (TPSA) is 105 Å². The fourth-order valence-electron chi connectivity index (χ4n) is 0.339. The van der Waals surface area contributed by atoms with E-state index in [1.165, 1.54) is 0 Å². The van der Waals surface area contributed by atoms with Crippen LogP contribution in [0.3, 0.4) is 0 Å². The van der Waals surface area contributed by atoms with E-state index in [1.807, 2.05) is 6.92 Å². The number of rotatable bonds is 4. The highest BCUT2D eigenvalue weighted by Gasteiger charge is 2.18. The maximum atomic E-state index is 10.4. The van der Waals surface area contributed by atoms with E-state index < -0.39 is 13.9 Å². The van der Waals surface area contributed by atoms with Crippen molar-refractivity contribution in [3.05, 3.63) is 0 Å². The van der Waals surface area contributed by atoms with Gasteiger partial charge in [0.25, 0.3) is 0 Å². The first-order valence-electron chi connectivity index (χ1n) is 3.15. The Labute approximate surface area is 68.8 Å². The molecule has 0 aliphatic rings. The third kappa shape index (κ3) is 7.49. The van der Waals surface area contributed by atoms with Crippen molar-refractivity contribution in [3.8, 4) is 0 Å². The standard InChI is InChI=1S/C4H10NO6P/c1-2-3-5-4(6)10-11-12(7,8)9/h2-3H2,1H3,(H,5,6)(H2,7,8,9). The molecule has 72 valence electrons. The van der Waals surface area contributed by atoms with Crippen LogP contribution in [0.15, 0.2) is 0 Å². The van der Waals surface area contributed by atoms with E-state index in [9.17, 15) is 9.36 Å². The molecule has 0 aliphatic carbocycles. The maximum absolute atomic E-state index is 10.4. The van der Waals surface area contributed by atoms with Crippen LogP contribution >= 0.6 is 7.82 Å². The van der Waals surface area contributed by atoms with Crippen molar-refractivity contribution < 1.29 is 28.7 Å². The number of carbonyl (C=O) groups is 1. The zero-order chi connectivity index (χ0) is 9.61. The highest BCUT2D eigenvalue weighted by atomic mass is 31.2. The molecule has 0 rings (SSSR count). The summed E-state index contributed by atoms with van der Waals surface area (Å²) >= 11 is 0. The van der Waals surface area contributed by atoms with Crippen LogP contribution in [-0.2, 0) is 14.1 Å². The van der Waals surface area contributed by atoms with Gasteiger partial charge in [-0.25, -0.2) is 9.36 Å². The van der Waals surface area contributed by atoms with E-state index in [2.05, 4.69) is 14.9 Å². The summed E-state index contributed by atoms with van der Waals surface area (Å²) in [6.45, 7) is 2.16. The van der Waals surface area contributed by atoms with Crippen molar-refractivity contribution in [2.75, 3.05) is 6.54 Å². The van der Waals surface area contributed by atoms with Crippen LogP contribution in [-0.4, -0.2) is 22.4 Å². The molecule has 0 radical (unpaired) electrons. The van der Waals surface area contributed by atoms with Gasteiger partial charge >= 0.3 is 13.9 Å². The number of phosphoric acid groups is 1. The summed E-state index contributed by atoms with van der Waals surface area (Å²) in [7, 11) is -4.73. The van der Waals surface area contributed by atoms with Crippen LogP contribution in [0.4, 0.5) is 4.79 Å². The average Bonchev–Trinajstić information content (AvgIpc) is 1.95. The van der Waals surface area contributed by atoms with Gasteiger partial charge in [-0.1, -0.05) is 11.6 Å². The molecule has 0 atom stereocenters. The second kappa shape index (κ2) is 5.10. The van der Waals surface area contributed by atoms with Gasteiger partial charge in [-0.05, 0) is 6.42 Å². The lowest BCUT2D eigenvalue weighted by Crippen LogP contribution is -2.24. The first kappa shape index (κ1) is 11.4. The summed E-state index contributed by atoms with van der Waals surface area (Å²) < 4.78 is 13.4. The number of amides is 1. The Kier molecular flexibility index (Phi) is 4.84. The Morgan fingerprint density at radius 1 is 1.58 bits per heavy atom. The molecule has 1 amide bonds. The predicted molar refractivity (Wildman–Crippen MR) is 37.9 cm³/mol. The van der Waals surface area contributed by atoms with Crippen molar-refractivity contribution in [1.82, 2.24) is 5.32 Å². The summed E-state index contributed by atoms with van der Waals surface area (Å²) in [6, 6.07) is 0.